The van der Waals surface area contributed by atoms with Crippen LogP contribution >= 0.6 is 0 Å². The summed E-state index contributed by atoms with van der Waals surface area (Å²) in [5, 5.41) is 0. The molecule has 20 heavy (non-hydrogen) atoms. The van der Waals surface area contributed by atoms with Gasteiger partial charge >= 0.3 is 0 Å². The van der Waals surface area contributed by atoms with Gasteiger partial charge in [0.15, 0.2) is 0 Å². The lowest BCUT2D eigenvalue weighted by Crippen LogP contribution is -2.12. The van der Waals surface area contributed by atoms with Crippen LogP contribution in [-0.2, 0) is 23.1 Å². The second-order valence-electron chi connectivity index (χ2n) is 6.73. The van der Waals surface area contributed by atoms with E-state index in [1.807, 2.05) is 0 Å². The molecule has 0 saturated heterocycles. The van der Waals surface area contributed by atoms with E-state index in [1.165, 1.54) is 16.7 Å². The van der Waals surface area contributed by atoms with Gasteiger partial charge in [0.2, 0.25) is 0 Å². The van der Waals surface area contributed by atoms with Gasteiger partial charge in [-0.25, -0.2) is 0 Å². The van der Waals surface area contributed by atoms with Crippen molar-refractivity contribution in [3.63, 3.8) is 0 Å². The van der Waals surface area contributed by atoms with E-state index in [2.05, 4.69) is 52.8 Å². The van der Waals surface area contributed by atoms with Crippen molar-refractivity contribution in [2.75, 3.05) is 0 Å². The zero-order valence-corrected chi connectivity index (χ0v) is 13.9. The third kappa shape index (κ3) is 5.11. The first-order chi connectivity index (χ1) is 9.38. The molecule has 112 valence electrons. The molecule has 0 saturated carbocycles. The van der Waals surface area contributed by atoms with Crippen molar-refractivity contribution in [3.05, 3.63) is 34.9 Å². The molecule has 1 aromatic carbocycles. The van der Waals surface area contributed by atoms with E-state index in [0.29, 0.717) is 5.78 Å². The van der Waals surface area contributed by atoms with Crippen molar-refractivity contribution in [2.45, 2.75) is 78.6 Å². The number of Topliss-reactive ketones (excluding diaryl/α,β-unsaturated/α-hetero) is 1. The zero-order chi connectivity index (χ0) is 15.2. The number of hydrogen-bond donors (Lipinski definition) is 0. The Labute approximate surface area is 124 Å². The van der Waals surface area contributed by atoms with Crippen molar-refractivity contribution in [1.82, 2.24) is 0 Å². The van der Waals surface area contributed by atoms with Gasteiger partial charge in [0.25, 0.3) is 0 Å². The molecule has 1 nitrogen and oxygen atoms in total. The molecule has 1 rings (SSSR count). The molecule has 1 heteroatoms. The average Bonchev–Trinajstić information content (AvgIpc) is 2.38. The maximum atomic E-state index is 11.6. The summed E-state index contributed by atoms with van der Waals surface area (Å²) < 4.78 is 0. The van der Waals surface area contributed by atoms with Crippen molar-refractivity contribution in [2.24, 2.45) is 0 Å². The van der Waals surface area contributed by atoms with Gasteiger partial charge in [-0.05, 0) is 47.8 Å². The minimum Gasteiger partial charge on any atom is -0.300 e. The summed E-state index contributed by atoms with van der Waals surface area (Å²) in [6, 6.07) is 6.87. The van der Waals surface area contributed by atoms with E-state index in [-0.39, 0.29) is 5.41 Å². The molecule has 0 N–H and O–H groups in total. The van der Waals surface area contributed by atoms with Gasteiger partial charge in [0.1, 0.15) is 5.78 Å². The Hall–Kier alpha value is -1.11. The molecular formula is C19H30O. The molecule has 0 fully saturated rings. The fourth-order valence-electron chi connectivity index (χ4n) is 2.55. The van der Waals surface area contributed by atoms with E-state index >= 15 is 0 Å². The highest BCUT2D eigenvalue weighted by molar-refractivity contribution is 5.78. The van der Waals surface area contributed by atoms with Crippen LogP contribution in [0, 0.1) is 0 Å². The second-order valence-corrected chi connectivity index (χ2v) is 6.73. The molecule has 0 aliphatic carbocycles. The van der Waals surface area contributed by atoms with Crippen LogP contribution in [0.2, 0.25) is 0 Å². The van der Waals surface area contributed by atoms with E-state index in [0.717, 1.165) is 38.5 Å². The SMILES string of the molecule is CCCC(=O)CCCc1cc(C(C)(C)C)ccc1CC. The quantitative estimate of drug-likeness (QED) is 0.664. The van der Waals surface area contributed by atoms with Gasteiger partial charge in [0, 0.05) is 12.8 Å². The Morgan fingerprint density at radius 2 is 1.75 bits per heavy atom. The summed E-state index contributed by atoms with van der Waals surface area (Å²) in [5.41, 5.74) is 4.45. The second kappa shape index (κ2) is 7.61. The van der Waals surface area contributed by atoms with E-state index in [9.17, 15) is 4.79 Å². The van der Waals surface area contributed by atoms with Crippen LogP contribution < -0.4 is 0 Å². The van der Waals surface area contributed by atoms with Crippen molar-refractivity contribution in [1.29, 1.82) is 0 Å². The molecule has 1 aromatic rings. The largest absolute Gasteiger partial charge is 0.300 e. The predicted molar refractivity (Wildman–Crippen MR) is 87.4 cm³/mol. The smallest absolute Gasteiger partial charge is 0.132 e. The van der Waals surface area contributed by atoms with Crippen LogP contribution in [-0.4, -0.2) is 5.78 Å². The normalized spacial score (nSPS) is 11.7. The Morgan fingerprint density at radius 1 is 1.05 bits per heavy atom. The molecule has 0 aliphatic rings. The molecular weight excluding hydrogens is 244 g/mol. The first-order valence-electron chi connectivity index (χ1n) is 8.02. The van der Waals surface area contributed by atoms with Crippen molar-refractivity contribution >= 4 is 5.78 Å². The van der Waals surface area contributed by atoms with E-state index < -0.39 is 0 Å². The Kier molecular flexibility index (Phi) is 6.45. The van der Waals surface area contributed by atoms with Crippen molar-refractivity contribution in [3.8, 4) is 0 Å². The summed E-state index contributed by atoms with van der Waals surface area (Å²) in [4.78, 5) is 11.6. The van der Waals surface area contributed by atoms with Crippen LogP contribution in [0.15, 0.2) is 18.2 Å². The van der Waals surface area contributed by atoms with Crippen LogP contribution in [0.1, 0.15) is 77.0 Å². The van der Waals surface area contributed by atoms with E-state index in [1.54, 1.807) is 0 Å². The number of hydrogen-bond acceptors (Lipinski definition) is 1. The molecule has 0 radical (unpaired) electrons. The van der Waals surface area contributed by atoms with Crippen LogP contribution in [0.5, 0.6) is 0 Å². The van der Waals surface area contributed by atoms with E-state index in [4.69, 9.17) is 0 Å². The van der Waals surface area contributed by atoms with Gasteiger partial charge in [-0.3, -0.25) is 4.79 Å². The van der Waals surface area contributed by atoms with Crippen LogP contribution in [0.3, 0.4) is 0 Å². The fraction of sp³-hybridized carbons (Fsp3) is 0.632. The maximum absolute atomic E-state index is 11.6. The first-order valence-corrected chi connectivity index (χ1v) is 8.02. The summed E-state index contributed by atoms with van der Waals surface area (Å²) in [6.07, 6.45) is 5.53. The van der Waals surface area contributed by atoms with Gasteiger partial charge in [0.05, 0.1) is 0 Å². The molecule has 0 spiro atoms. The summed E-state index contributed by atoms with van der Waals surface area (Å²) in [7, 11) is 0. The number of aryl methyl sites for hydroxylation is 2. The zero-order valence-electron chi connectivity index (χ0n) is 13.9. The van der Waals surface area contributed by atoms with Gasteiger partial charge < -0.3 is 0 Å². The molecule has 0 amide bonds. The minimum absolute atomic E-state index is 0.194. The Morgan fingerprint density at radius 3 is 2.30 bits per heavy atom. The lowest BCUT2D eigenvalue weighted by Gasteiger charge is -2.21. The number of rotatable bonds is 7. The Balaban J connectivity index is 2.74. The maximum Gasteiger partial charge on any atom is 0.132 e. The summed E-state index contributed by atoms with van der Waals surface area (Å²) in [5.74, 6) is 0.414. The molecule has 0 heterocycles. The monoisotopic (exact) mass is 274 g/mol. The van der Waals surface area contributed by atoms with Gasteiger partial charge in [-0.1, -0.05) is 52.8 Å². The standard InChI is InChI=1S/C19H30O/c1-6-9-18(20)11-8-10-16-14-17(19(3,4)5)13-12-15(16)7-2/h12-14H,6-11H2,1-5H3. The van der Waals surface area contributed by atoms with Crippen LogP contribution in [0.4, 0.5) is 0 Å². The highest BCUT2D eigenvalue weighted by atomic mass is 16.1. The highest BCUT2D eigenvalue weighted by Crippen LogP contribution is 2.25. The number of ketones is 1. The molecule has 0 aromatic heterocycles. The van der Waals surface area contributed by atoms with Gasteiger partial charge in [-0.15, -0.1) is 0 Å². The first kappa shape index (κ1) is 16.9. The fourth-order valence-corrected chi connectivity index (χ4v) is 2.55. The lowest BCUT2D eigenvalue weighted by atomic mass is 9.84. The number of carbonyl (C=O) groups excluding carboxylic acids is 1. The number of benzene rings is 1. The predicted octanol–water partition coefficient (Wildman–Crippen LogP) is 5.24. The minimum atomic E-state index is 0.194. The molecule has 0 atom stereocenters. The number of carbonyl (C=O) groups is 1. The summed E-state index contributed by atoms with van der Waals surface area (Å²) >= 11 is 0. The average molecular weight is 274 g/mol. The Bertz CT molecular complexity index is 438. The molecule has 0 aliphatic heterocycles. The van der Waals surface area contributed by atoms with Crippen molar-refractivity contribution < 1.29 is 4.79 Å². The third-order valence-corrected chi connectivity index (χ3v) is 3.88. The third-order valence-electron chi connectivity index (χ3n) is 3.88. The van der Waals surface area contributed by atoms with Crippen LogP contribution in [0.25, 0.3) is 0 Å². The molecule has 0 bridgehead atoms. The lowest BCUT2D eigenvalue weighted by molar-refractivity contribution is -0.119. The topological polar surface area (TPSA) is 17.1 Å². The molecule has 0 unspecified atom stereocenters. The summed E-state index contributed by atoms with van der Waals surface area (Å²) in [6.45, 7) is 11.0. The van der Waals surface area contributed by atoms with Gasteiger partial charge in [-0.2, -0.15) is 0 Å². The highest BCUT2D eigenvalue weighted by Gasteiger charge is 2.15.